The summed E-state index contributed by atoms with van der Waals surface area (Å²) in [4.78, 5) is 0. The standard InChI is InChI=1S/C12H20N4S/c1-5-8-9(6-2)15-16-12(17-7(3)4)10(8)11(13)14/h7H,5-6H2,1-4H3,(H3,13,14). The Morgan fingerprint density at radius 1 is 1.29 bits per heavy atom. The van der Waals surface area contributed by atoms with Gasteiger partial charge in [-0.25, -0.2) is 0 Å². The van der Waals surface area contributed by atoms with Gasteiger partial charge in [0.25, 0.3) is 0 Å². The van der Waals surface area contributed by atoms with Crippen LogP contribution in [0.5, 0.6) is 0 Å². The fourth-order valence-electron chi connectivity index (χ4n) is 1.74. The Labute approximate surface area is 107 Å². The van der Waals surface area contributed by atoms with E-state index < -0.39 is 0 Å². The highest BCUT2D eigenvalue weighted by Gasteiger charge is 2.17. The largest absolute Gasteiger partial charge is 0.384 e. The van der Waals surface area contributed by atoms with Crippen LogP contribution in [0.2, 0.25) is 0 Å². The fourth-order valence-corrected chi connectivity index (χ4v) is 2.62. The molecule has 3 N–H and O–H groups in total. The van der Waals surface area contributed by atoms with E-state index in [1.54, 1.807) is 11.8 Å². The second-order valence-corrected chi connectivity index (χ2v) is 5.66. The smallest absolute Gasteiger partial charge is 0.130 e. The third-order valence-electron chi connectivity index (χ3n) is 2.43. The first kappa shape index (κ1) is 14.0. The number of hydrogen-bond acceptors (Lipinski definition) is 4. The molecule has 5 heteroatoms. The normalized spacial score (nSPS) is 10.9. The molecule has 0 aliphatic heterocycles. The fraction of sp³-hybridized carbons (Fsp3) is 0.583. The second kappa shape index (κ2) is 6.00. The molecule has 0 saturated heterocycles. The Morgan fingerprint density at radius 2 is 1.94 bits per heavy atom. The van der Waals surface area contributed by atoms with Crippen molar-refractivity contribution in [3.63, 3.8) is 0 Å². The van der Waals surface area contributed by atoms with Crippen LogP contribution in [0.1, 0.15) is 44.5 Å². The number of nitrogens with zero attached hydrogens (tertiary/aromatic N) is 2. The lowest BCUT2D eigenvalue weighted by molar-refractivity contribution is 0.817. The quantitative estimate of drug-likeness (QED) is 0.479. The molecule has 1 rings (SSSR count). The summed E-state index contributed by atoms with van der Waals surface area (Å²) in [5.41, 5.74) is 8.49. The Balaban J connectivity index is 3.36. The summed E-state index contributed by atoms with van der Waals surface area (Å²) in [5.74, 6) is 0.0922. The number of nitrogens with one attached hydrogen (secondary N) is 1. The summed E-state index contributed by atoms with van der Waals surface area (Å²) < 4.78 is 0. The van der Waals surface area contributed by atoms with Crippen LogP contribution < -0.4 is 5.73 Å². The van der Waals surface area contributed by atoms with Gasteiger partial charge in [-0.1, -0.05) is 27.7 Å². The van der Waals surface area contributed by atoms with Crippen LogP contribution >= 0.6 is 11.8 Å². The molecule has 0 aliphatic carbocycles. The highest BCUT2D eigenvalue weighted by molar-refractivity contribution is 7.99. The summed E-state index contributed by atoms with van der Waals surface area (Å²) >= 11 is 1.61. The van der Waals surface area contributed by atoms with Gasteiger partial charge in [0, 0.05) is 5.25 Å². The molecular weight excluding hydrogens is 232 g/mol. The maximum atomic E-state index is 7.73. The Bertz CT molecular complexity index is 415. The van der Waals surface area contributed by atoms with Gasteiger partial charge >= 0.3 is 0 Å². The average Bonchev–Trinajstić information content (AvgIpc) is 2.26. The van der Waals surface area contributed by atoms with Gasteiger partial charge in [0.15, 0.2) is 0 Å². The van der Waals surface area contributed by atoms with Crippen LogP contribution in [0.25, 0.3) is 0 Å². The molecular formula is C12H20N4S. The van der Waals surface area contributed by atoms with Crippen molar-refractivity contribution in [2.45, 2.75) is 50.8 Å². The van der Waals surface area contributed by atoms with Crippen LogP contribution in [0.15, 0.2) is 5.03 Å². The van der Waals surface area contributed by atoms with Gasteiger partial charge in [0.1, 0.15) is 10.9 Å². The number of rotatable bonds is 5. The lowest BCUT2D eigenvalue weighted by atomic mass is 10.0. The molecule has 0 amide bonds. The van der Waals surface area contributed by atoms with Crippen molar-refractivity contribution in [3.05, 3.63) is 16.8 Å². The molecule has 17 heavy (non-hydrogen) atoms. The minimum absolute atomic E-state index is 0.0922. The van der Waals surface area contributed by atoms with Crippen LogP contribution in [0, 0.1) is 5.41 Å². The van der Waals surface area contributed by atoms with Gasteiger partial charge in [-0.15, -0.1) is 16.9 Å². The van der Waals surface area contributed by atoms with Gasteiger partial charge in [0.2, 0.25) is 0 Å². The minimum atomic E-state index is 0.0922. The summed E-state index contributed by atoms with van der Waals surface area (Å²) in [6, 6.07) is 0. The number of nitrogens with two attached hydrogens (primary N) is 1. The van der Waals surface area contributed by atoms with E-state index in [2.05, 4.69) is 31.0 Å². The monoisotopic (exact) mass is 252 g/mol. The predicted octanol–water partition coefficient (Wildman–Crippen LogP) is 2.39. The molecule has 0 saturated carbocycles. The molecule has 4 nitrogen and oxygen atoms in total. The third-order valence-corrected chi connectivity index (χ3v) is 3.41. The molecule has 1 heterocycles. The van der Waals surface area contributed by atoms with E-state index in [-0.39, 0.29) is 5.84 Å². The summed E-state index contributed by atoms with van der Waals surface area (Å²) in [7, 11) is 0. The van der Waals surface area contributed by atoms with Crippen molar-refractivity contribution < 1.29 is 0 Å². The van der Waals surface area contributed by atoms with Crippen LogP contribution in [-0.2, 0) is 12.8 Å². The zero-order valence-corrected chi connectivity index (χ0v) is 11.7. The molecule has 0 aliphatic rings. The van der Waals surface area contributed by atoms with Crippen LogP contribution in [-0.4, -0.2) is 21.3 Å². The number of thioether (sulfide) groups is 1. The Morgan fingerprint density at radius 3 is 2.35 bits per heavy atom. The maximum absolute atomic E-state index is 7.73. The van der Waals surface area contributed by atoms with Crippen molar-refractivity contribution in [2.24, 2.45) is 5.73 Å². The van der Waals surface area contributed by atoms with E-state index in [0.29, 0.717) is 5.25 Å². The lowest BCUT2D eigenvalue weighted by Gasteiger charge is -2.14. The molecule has 0 fully saturated rings. The van der Waals surface area contributed by atoms with E-state index in [4.69, 9.17) is 11.1 Å². The van der Waals surface area contributed by atoms with Crippen LogP contribution in [0.4, 0.5) is 0 Å². The molecule has 94 valence electrons. The summed E-state index contributed by atoms with van der Waals surface area (Å²) in [6.07, 6.45) is 1.66. The van der Waals surface area contributed by atoms with E-state index in [9.17, 15) is 0 Å². The zero-order valence-electron chi connectivity index (χ0n) is 10.9. The zero-order chi connectivity index (χ0) is 13.0. The number of hydrogen-bond donors (Lipinski definition) is 2. The topological polar surface area (TPSA) is 75.7 Å². The SMILES string of the molecule is CCc1nnc(SC(C)C)c(C(=N)N)c1CC. The molecule has 1 aromatic heterocycles. The lowest BCUT2D eigenvalue weighted by Crippen LogP contribution is -2.19. The highest BCUT2D eigenvalue weighted by atomic mass is 32.2. The van der Waals surface area contributed by atoms with Gasteiger partial charge in [-0.05, 0) is 18.4 Å². The first-order chi connectivity index (χ1) is 8.01. The Hall–Kier alpha value is -1.10. The van der Waals surface area contributed by atoms with Crippen molar-refractivity contribution >= 4 is 17.6 Å². The van der Waals surface area contributed by atoms with Crippen molar-refractivity contribution in [1.29, 1.82) is 5.41 Å². The summed E-state index contributed by atoms with van der Waals surface area (Å²) in [6.45, 7) is 8.29. The summed E-state index contributed by atoms with van der Waals surface area (Å²) in [5, 5.41) is 17.4. The Kier molecular flexibility index (Phi) is 4.93. The van der Waals surface area contributed by atoms with Crippen molar-refractivity contribution in [1.82, 2.24) is 10.2 Å². The van der Waals surface area contributed by atoms with Crippen LogP contribution in [0.3, 0.4) is 0 Å². The van der Waals surface area contributed by atoms with Crippen molar-refractivity contribution in [3.8, 4) is 0 Å². The number of amidine groups is 1. The highest BCUT2D eigenvalue weighted by Crippen LogP contribution is 2.27. The molecule has 0 bridgehead atoms. The second-order valence-electron chi connectivity index (χ2n) is 4.09. The molecule has 0 radical (unpaired) electrons. The van der Waals surface area contributed by atoms with E-state index in [1.807, 2.05) is 6.92 Å². The first-order valence-corrected chi connectivity index (χ1v) is 6.78. The van der Waals surface area contributed by atoms with Gasteiger partial charge in [0.05, 0.1) is 11.3 Å². The predicted molar refractivity (Wildman–Crippen MR) is 72.8 cm³/mol. The third kappa shape index (κ3) is 3.19. The van der Waals surface area contributed by atoms with E-state index >= 15 is 0 Å². The van der Waals surface area contributed by atoms with E-state index in [0.717, 1.165) is 34.7 Å². The van der Waals surface area contributed by atoms with Crippen molar-refractivity contribution in [2.75, 3.05) is 0 Å². The van der Waals surface area contributed by atoms with E-state index in [1.165, 1.54) is 0 Å². The molecule has 1 aromatic rings. The van der Waals surface area contributed by atoms with Gasteiger partial charge in [-0.3, -0.25) is 5.41 Å². The number of aromatic nitrogens is 2. The number of nitrogen functional groups attached to an aromatic ring is 1. The molecule has 0 spiro atoms. The average molecular weight is 252 g/mol. The molecule has 0 aromatic carbocycles. The molecule has 0 unspecified atom stereocenters. The van der Waals surface area contributed by atoms with Gasteiger partial charge < -0.3 is 5.73 Å². The molecule has 0 atom stereocenters. The minimum Gasteiger partial charge on any atom is -0.384 e. The maximum Gasteiger partial charge on any atom is 0.130 e. The first-order valence-electron chi connectivity index (χ1n) is 5.90. The number of aryl methyl sites for hydroxylation is 1. The van der Waals surface area contributed by atoms with Gasteiger partial charge in [-0.2, -0.15) is 5.10 Å².